The van der Waals surface area contributed by atoms with Gasteiger partial charge in [0.1, 0.15) is 0 Å². The van der Waals surface area contributed by atoms with E-state index in [-0.39, 0.29) is 23.1 Å². The van der Waals surface area contributed by atoms with Gasteiger partial charge in [-0.3, -0.25) is 19.6 Å². The summed E-state index contributed by atoms with van der Waals surface area (Å²) in [6.07, 6.45) is 1.33. The number of Topliss-reactive ketones (excluding diaryl/α,β-unsaturated/α-hetero) is 1. The van der Waals surface area contributed by atoms with E-state index in [9.17, 15) is 19.6 Å². The molecule has 0 aliphatic carbocycles. The Hall–Kier alpha value is -2.28. The van der Waals surface area contributed by atoms with Gasteiger partial charge in [0.25, 0.3) is 5.91 Å². The van der Waals surface area contributed by atoms with Gasteiger partial charge in [0, 0.05) is 6.20 Å². The topological polar surface area (TPSA) is 96.8 Å². The van der Waals surface area contributed by atoms with Crippen LogP contribution < -0.4 is 5.06 Å². The summed E-state index contributed by atoms with van der Waals surface area (Å²) in [5, 5.41) is 9.80. The molecule has 1 aromatic rings. The Kier molecular flexibility index (Phi) is 3.07. The van der Waals surface area contributed by atoms with Crippen molar-refractivity contribution >= 4 is 23.5 Å². The second-order valence-corrected chi connectivity index (χ2v) is 3.57. The van der Waals surface area contributed by atoms with E-state index in [1.807, 2.05) is 0 Å². The molecule has 1 aliphatic rings. The van der Waals surface area contributed by atoms with Crippen LogP contribution in [-0.4, -0.2) is 34.5 Å². The van der Waals surface area contributed by atoms with Crippen LogP contribution in [0.15, 0.2) is 18.3 Å². The molecule has 94 valence electrons. The van der Waals surface area contributed by atoms with Crippen molar-refractivity contribution in [1.29, 1.82) is 0 Å². The number of anilines is 1. The summed E-state index contributed by atoms with van der Waals surface area (Å²) >= 11 is 0. The van der Waals surface area contributed by atoms with Crippen LogP contribution in [0.25, 0.3) is 0 Å². The van der Waals surface area contributed by atoms with Gasteiger partial charge in [-0.25, -0.2) is 4.98 Å². The highest BCUT2D eigenvalue weighted by molar-refractivity contribution is 6.29. The van der Waals surface area contributed by atoms with Gasteiger partial charge in [-0.05, 0) is 19.1 Å². The molecule has 0 fully saturated rings. The number of aromatic nitrogens is 1. The molecule has 1 N–H and O–H groups in total. The summed E-state index contributed by atoms with van der Waals surface area (Å²) < 4.78 is 4.65. The van der Waals surface area contributed by atoms with Crippen molar-refractivity contribution in [1.82, 2.24) is 4.98 Å². The molecule has 0 radical (unpaired) electrons. The van der Waals surface area contributed by atoms with Crippen LogP contribution in [0.2, 0.25) is 0 Å². The second-order valence-electron chi connectivity index (χ2n) is 3.57. The molecule has 7 nitrogen and oxygen atoms in total. The molecule has 0 aromatic carbocycles. The number of hydroxylamine groups is 1. The van der Waals surface area contributed by atoms with Crippen molar-refractivity contribution in [3.05, 3.63) is 23.9 Å². The van der Waals surface area contributed by atoms with Crippen molar-refractivity contribution in [2.75, 3.05) is 11.7 Å². The third kappa shape index (κ3) is 1.74. The van der Waals surface area contributed by atoms with Crippen LogP contribution in [0.1, 0.15) is 17.3 Å². The van der Waals surface area contributed by atoms with E-state index < -0.39 is 23.6 Å². The lowest BCUT2D eigenvalue weighted by molar-refractivity contribution is -0.150. The summed E-state index contributed by atoms with van der Waals surface area (Å²) in [5.41, 5.74) is 0.0117. The van der Waals surface area contributed by atoms with Crippen molar-refractivity contribution in [2.24, 2.45) is 5.92 Å². The molecule has 0 saturated heterocycles. The Balaban J connectivity index is 2.46. The third-order valence-electron chi connectivity index (χ3n) is 2.49. The van der Waals surface area contributed by atoms with Crippen molar-refractivity contribution in [3.8, 4) is 0 Å². The van der Waals surface area contributed by atoms with E-state index in [4.69, 9.17) is 0 Å². The first-order valence-corrected chi connectivity index (χ1v) is 5.26. The molecule has 1 aromatic heterocycles. The summed E-state index contributed by atoms with van der Waals surface area (Å²) in [7, 11) is 0. The van der Waals surface area contributed by atoms with Crippen molar-refractivity contribution in [2.45, 2.75) is 6.92 Å². The quantitative estimate of drug-likeness (QED) is 0.457. The molecule has 1 unspecified atom stereocenters. The average Bonchev–Trinajstić information content (AvgIpc) is 2.37. The van der Waals surface area contributed by atoms with Gasteiger partial charge in [-0.2, -0.15) is 5.06 Å². The zero-order valence-corrected chi connectivity index (χ0v) is 9.49. The van der Waals surface area contributed by atoms with Gasteiger partial charge in [0.15, 0.2) is 11.6 Å². The van der Waals surface area contributed by atoms with E-state index in [0.717, 1.165) is 0 Å². The molecule has 2 rings (SSSR count). The number of hydrogen-bond donors (Lipinski definition) is 1. The van der Waals surface area contributed by atoms with Crippen LogP contribution in [0.3, 0.4) is 0 Å². The Bertz CT molecular complexity index is 528. The number of amides is 1. The van der Waals surface area contributed by atoms with Gasteiger partial charge in [0.05, 0.1) is 12.2 Å². The number of carbonyl (C=O) groups is 3. The summed E-state index contributed by atoms with van der Waals surface area (Å²) in [4.78, 5) is 39.0. The lowest BCUT2D eigenvalue weighted by atomic mass is 9.93. The largest absolute Gasteiger partial charge is 0.465 e. The minimum absolute atomic E-state index is 0.0117. The fourth-order valence-corrected chi connectivity index (χ4v) is 1.69. The molecular weight excluding hydrogens is 240 g/mol. The normalized spacial score (nSPS) is 18.6. The number of rotatable bonds is 2. The molecule has 2 heterocycles. The molecule has 7 heteroatoms. The Morgan fingerprint density at radius 2 is 2.28 bits per heavy atom. The van der Waals surface area contributed by atoms with Crippen LogP contribution in [0.4, 0.5) is 5.82 Å². The highest BCUT2D eigenvalue weighted by atomic mass is 16.5. The first kappa shape index (κ1) is 12.2. The van der Waals surface area contributed by atoms with Crippen LogP contribution in [0.5, 0.6) is 0 Å². The number of nitrogens with zero attached hydrogens (tertiary/aromatic N) is 2. The number of pyridine rings is 1. The number of esters is 1. The molecule has 1 aliphatic heterocycles. The molecular formula is C11H10N2O5. The molecule has 1 atom stereocenters. The van der Waals surface area contributed by atoms with E-state index >= 15 is 0 Å². The number of ketones is 1. The average molecular weight is 250 g/mol. The maximum absolute atomic E-state index is 12.0. The van der Waals surface area contributed by atoms with Gasteiger partial charge < -0.3 is 4.74 Å². The molecule has 1 amide bonds. The molecule has 0 spiro atoms. The molecule has 0 bridgehead atoms. The molecule has 18 heavy (non-hydrogen) atoms. The zero-order chi connectivity index (χ0) is 13.3. The first-order chi connectivity index (χ1) is 8.57. The highest BCUT2D eigenvalue weighted by Crippen LogP contribution is 2.27. The lowest BCUT2D eigenvalue weighted by Crippen LogP contribution is -2.47. The van der Waals surface area contributed by atoms with E-state index in [2.05, 4.69) is 9.72 Å². The number of carbonyl (C=O) groups excluding carboxylic acids is 3. The predicted molar refractivity (Wildman–Crippen MR) is 58.0 cm³/mol. The van der Waals surface area contributed by atoms with E-state index in [1.54, 1.807) is 6.92 Å². The van der Waals surface area contributed by atoms with Crippen molar-refractivity contribution in [3.63, 3.8) is 0 Å². The molecule has 0 saturated carbocycles. The minimum atomic E-state index is -1.66. The van der Waals surface area contributed by atoms with Crippen molar-refractivity contribution < 1.29 is 24.3 Å². The predicted octanol–water partition coefficient (Wildman–Crippen LogP) is 0.179. The number of ether oxygens (including phenoxy) is 1. The van der Waals surface area contributed by atoms with Gasteiger partial charge in [-0.15, -0.1) is 0 Å². The van der Waals surface area contributed by atoms with Gasteiger partial charge in [0.2, 0.25) is 5.92 Å². The zero-order valence-electron chi connectivity index (χ0n) is 9.49. The Morgan fingerprint density at radius 3 is 2.94 bits per heavy atom. The summed E-state index contributed by atoms with van der Waals surface area (Å²) in [5.74, 6) is -4.57. The SMILES string of the molecule is CCOC(=O)C1C(=O)c2cccnc2N(O)C1=O. The maximum Gasteiger partial charge on any atom is 0.326 e. The first-order valence-electron chi connectivity index (χ1n) is 5.26. The fraction of sp³-hybridized carbons (Fsp3) is 0.273. The fourth-order valence-electron chi connectivity index (χ4n) is 1.69. The van der Waals surface area contributed by atoms with E-state index in [0.29, 0.717) is 0 Å². The Morgan fingerprint density at radius 1 is 1.56 bits per heavy atom. The smallest absolute Gasteiger partial charge is 0.326 e. The standard InChI is InChI=1S/C11H10N2O5/c1-2-18-11(16)7-8(14)6-4-3-5-12-9(6)13(17)10(7)15/h3-5,7,17H,2H2,1H3. The van der Waals surface area contributed by atoms with Gasteiger partial charge >= 0.3 is 5.97 Å². The lowest BCUT2D eigenvalue weighted by Gasteiger charge is -2.25. The summed E-state index contributed by atoms with van der Waals surface area (Å²) in [6, 6.07) is 2.86. The maximum atomic E-state index is 12.0. The monoisotopic (exact) mass is 250 g/mol. The highest BCUT2D eigenvalue weighted by Gasteiger charge is 2.45. The van der Waals surface area contributed by atoms with Crippen LogP contribution >= 0.6 is 0 Å². The second kappa shape index (κ2) is 4.53. The number of fused-ring (bicyclic) bond motifs is 1. The Labute approximate surface area is 102 Å². The number of hydrogen-bond acceptors (Lipinski definition) is 6. The van der Waals surface area contributed by atoms with Gasteiger partial charge in [-0.1, -0.05) is 0 Å². The van der Waals surface area contributed by atoms with E-state index in [1.165, 1.54) is 18.3 Å². The minimum Gasteiger partial charge on any atom is -0.465 e. The summed E-state index contributed by atoms with van der Waals surface area (Å²) in [6.45, 7) is 1.60. The van der Waals surface area contributed by atoms with Crippen LogP contribution in [0, 0.1) is 5.92 Å². The van der Waals surface area contributed by atoms with Crippen LogP contribution in [-0.2, 0) is 14.3 Å². The third-order valence-corrected chi connectivity index (χ3v) is 2.49.